The lowest BCUT2D eigenvalue weighted by atomic mass is 9.76. The van der Waals surface area contributed by atoms with Gasteiger partial charge in [0.1, 0.15) is 29.3 Å². The SMILES string of the molecule is CCc1cc(CCC2(C3CCCC3)CC(=O)CC(=O)O2)c(OC)cc1O. The lowest BCUT2D eigenvalue weighted by molar-refractivity contribution is -0.178. The van der Waals surface area contributed by atoms with Crippen molar-refractivity contribution in [1.82, 2.24) is 0 Å². The van der Waals surface area contributed by atoms with E-state index in [0.717, 1.165) is 43.2 Å². The minimum atomic E-state index is -0.682. The molecule has 2 aliphatic rings. The smallest absolute Gasteiger partial charge is 0.313 e. The number of aryl methyl sites for hydroxylation is 2. The molecular weight excluding hydrogens is 332 g/mol. The molecule has 1 unspecified atom stereocenters. The van der Waals surface area contributed by atoms with Crippen LogP contribution in [0.1, 0.15) is 63.0 Å². The van der Waals surface area contributed by atoms with E-state index in [0.29, 0.717) is 25.0 Å². The van der Waals surface area contributed by atoms with Gasteiger partial charge in [0, 0.05) is 12.5 Å². The van der Waals surface area contributed by atoms with E-state index in [4.69, 9.17) is 9.47 Å². The molecule has 0 bridgehead atoms. The predicted octanol–water partition coefficient (Wildman–Crippen LogP) is 3.73. The minimum absolute atomic E-state index is 0.0138. The van der Waals surface area contributed by atoms with Crippen molar-refractivity contribution in [2.75, 3.05) is 7.11 Å². The van der Waals surface area contributed by atoms with E-state index in [-0.39, 0.29) is 29.8 Å². The fourth-order valence-corrected chi connectivity index (χ4v) is 4.56. The van der Waals surface area contributed by atoms with E-state index >= 15 is 0 Å². The van der Waals surface area contributed by atoms with Gasteiger partial charge in [0.25, 0.3) is 0 Å². The van der Waals surface area contributed by atoms with Crippen molar-refractivity contribution in [3.63, 3.8) is 0 Å². The third-order valence-corrected chi connectivity index (χ3v) is 5.93. The highest BCUT2D eigenvalue weighted by atomic mass is 16.6. The van der Waals surface area contributed by atoms with Crippen molar-refractivity contribution >= 4 is 11.8 Å². The summed E-state index contributed by atoms with van der Waals surface area (Å²) in [5, 5.41) is 10.1. The quantitative estimate of drug-likeness (QED) is 0.618. The van der Waals surface area contributed by atoms with Crippen LogP contribution in [-0.2, 0) is 27.2 Å². The highest BCUT2D eigenvalue weighted by Crippen LogP contribution is 2.44. The molecule has 26 heavy (non-hydrogen) atoms. The standard InChI is InChI=1S/C21H28O5/c1-3-14-10-15(19(25-2)12-18(14)23)8-9-21(16-6-4-5-7-16)13-17(22)11-20(24)26-21/h10,12,16,23H,3-9,11,13H2,1-2H3. The van der Waals surface area contributed by atoms with Gasteiger partial charge in [-0.2, -0.15) is 0 Å². The first-order chi connectivity index (χ1) is 12.5. The molecule has 1 aliphatic carbocycles. The van der Waals surface area contributed by atoms with Gasteiger partial charge in [-0.15, -0.1) is 0 Å². The lowest BCUT2D eigenvalue weighted by Crippen LogP contribution is -2.48. The van der Waals surface area contributed by atoms with Crippen LogP contribution in [-0.4, -0.2) is 29.6 Å². The molecule has 142 valence electrons. The van der Waals surface area contributed by atoms with Crippen molar-refractivity contribution in [3.05, 3.63) is 23.3 Å². The van der Waals surface area contributed by atoms with Crippen molar-refractivity contribution in [1.29, 1.82) is 0 Å². The number of methoxy groups -OCH3 is 1. The van der Waals surface area contributed by atoms with Gasteiger partial charge >= 0.3 is 5.97 Å². The van der Waals surface area contributed by atoms with E-state index in [9.17, 15) is 14.7 Å². The number of phenolic OH excluding ortho intramolecular Hbond substituents is 1. The van der Waals surface area contributed by atoms with Gasteiger partial charge in [-0.1, -0.05) is 19.8 Å². The average molecular weight is 360 g/mol. The zero-order chi connectivity index (χ0) is 18.7. The monoisotopic (exact) mass is 360 g/mol. The Hall–Kier alpha value is -2.04. The first-order valence-corrected chi connectivity index (χ1v) is 9.59. The second-order valence-corrected chi connectivity index (χ2v) is 7.56. The van der Waals surface area contributed by atoms with Crippen molar-refractivity contribution < 1.29 is 24.2 Å². The number of carbonyl (C=O) groups excluding carboxylic acids is 2. The fraction of sp³-hybridized carbons (Fsp3) is 0.619. The molecule has 1 saturated carbocycles. The van der Waals surface area contributed by atoms with Crippen LogP contribution < -0.4 is 4.74 Å². The molecule has 1 N–H and O–H groups in total. The molecule has 1 heterocycles. The van der Waals surface area contributed by atoms with Gasteiger partial charge < -0.3 is 14.6 Å². The number of esters is 1. The average Bonchev–Trinajstić information content (AvgIpc) is 3.15. The Morgan fingerprint density at radius 3 is 2.58 bits per heavy atom. The summed E-state index contributed by atoms with van der Waals surface area (Å²) in [6, 6.07) is 3.61. The highest BCUT2D eigenvalue weighted by molar-refractivity contribution is 5.98. The summed E-state index contributed by atoms with van der Waals surface area (Å²) in [5.41, 5.74) is 1.17. The topological polar surface area (TPSA) is 72.8 Å². The van der Waals surface area contributed by atoms with E-state index in [1.807, 2.05) is 13.0 Å². The van der Waals surface area contributed by atoms with E-state index in [1.165, 1.54) is 0 Å². The molecule has 0 radical (unpaired) electrons. The molecule has 0 spiro atoms. The third kappa shape index (κ3) is 3.71. The summed E-state index contributed by atoms with van der Waals surface area (Å²) in [7, 11) is 1.58. The summed E-state index contributed by atoms with van der Waals surface area (Å²) in [5.74, 6) is 0.720. The van der Waals surface area contributed by atoms with Crippen LogP contribution in [0, 0.1) is 5.92 Å². The summed E-state index contributed by atoms with van der Waals surface area (Å²) in [6.45, 7) is 1.99. The predicted molar refractivity (Wildman–Crippen MR) is 97.4 cm³/mol. The minimum Gasteiger partial charge on any atom is -0.508 e. The third-order valence-electron chi connectivity index (χ3n) is 5.93. The molecule has 1 aromatic carbocycles. The first kappa shape index (κ1) is 18.7. The molecule has 3 rings (SSSR count). The Bertz CT molecular complexity index is 672. The molecule has 1 saturated heterocycles. The zero-order valence-electron chi connectivity index (χ0n) is 15.7. The molecule has 2 fully saturated rings. The van der Waals surface area contributed by atoms with Crippen molar-refractivity contribution in [2.24, 2.45) is 5.92 Å². The maximum absolute atomic E-state index is 12.2. The second-order valence-electron chi connectivity index (χ2n) is 7.56. The Morgan fingerprint density at radius 1 is 1.23 bits per heavy atom. The summed E-state index contributed by atoms with van der Waals surface area (Å²) < 4.78 is 11.3. The fourth-order valence-electron chi connectivity index (χ4n) is 4.56. The maximum atomic E-state index is 12.2. The maximum Gasteiger partial charge on any atom is 0.313 e. The van der Waals surface area contributed by atoms with Crippen LogP contribution in [0.4, 0.5) is 0 Å². The van der Waals surface area contributed by atoms with Gasteiger partial charge in [-0.05, 0) is 55.2 Å². The molecule has 1 aliphatic heterocycles. The number of benzene rings is 1. The van der Waals surface area contributed by atoms with Gasteiger partial charge in [0.15, 0.2) is 0 Å². The van der Waals surface area contributed by atoms with Crippen LogP contribution >= 0.6 is 0 Å². The number of aromatic hydroxyl groups is 1. The number of ether oxygens (including phenoxy) is 2. The number of rotatable bonds is 6. The molecule has 5 nitrogen and oxygen atoms in total. The molecule has 0 aromatic heterocycles. The number of phenols is 1. The van der Waals surface area contributed by atoms with Crippen LogP contribution in [0.5, 0.6) is 11.5 Å². The number of Topliss-reactive ketones (excluding diaryl/α,β-unsaturated/α-hetero) is 1. The molecule has 5 heteroatoms. The number of carbonyl (C=O) groups is 2. The number of ketones is 1. The summed E-state index contributed by atoms with van der Waals surface area (Å²) in [6.07, 6.45) is 6.47. The molecule has 1 aromatic rings. The Labute approximate surface area is 154 Å². The normalized spacial score (nSPS) is 23.9. The Balaban J connectivity index is 1.86. The van der Waals surface area contributed by atoms with Gasteiger partial charge in [-0.3, -0.25) is 9.59 Å². The highest BCUT2D eigenvalue weighted by Gasteiger charge is 2.47. The van der Waals surface area contributed by atoms with Crippen LogP contribution in [0.3, 0.4) is 0 Å². The molecule has 1 atom stereocenters. The summed E-state index contributed by atoms with van der Waals surface area (Å²) >= 11 is 0. The Kier molecular flexibility index (Phi) is 5.54. The van der Waals surface area contributed by atoms with Crippen LogP contribution in [0.2, 0.25) is 0 Å². The van der Waals surface area contributed by atoms with E-state index < -0.39 is 5.60 Å². The van der Waals surface area contributed by atoms with Crippen molar-refractivity contribution in [2.45, 2.75) is 70.3 Å². The Morgan fingerprint density at radius 2 is 1.96 bits per heavy atom. The zero-order valence-corrected chi connectivity index (χ0v) is 15.7. The van der Waals surface area contributed by atoms with Gasteiger partial charge in [0.2, 0.25) is 0 Å². The van der Waals surface area contributed by atoms with Gasteiger partial charge in [-0.25, -0.2) is 0 Å². The number of hydrogen-bond acceptors (Lipinski definition) is 5. The lowest BCUT2D eigenvalue weighted by Gasteiger charge is -2.41. The molecule has 0 amide bonds. The van der Waals surface area contributed by atoms with E-state index in [1.54, 1.807) is 13.2 Å². The van der Waals surface area contributed by atoms with E-state index in [2.05, 4.69) is 0 Å². The van der Waals surface area contributed by atoms with Crippen LogP contribution in [0.25, 0.3) is 0 Å². The van der Waals surface area contributed by atoms with Crippen molar-refractivity contribution in [3.8, 4) is 11.5 Å². The number of cyclic esters (lactones) is 1. The molecular formula is C21H28O5. The summed E-state index contributed by atoms with van der Waals surface area (Å²) in [4.78, 5) is 24.2. The largest absolute Gasteiger partial charge is 0.508 e. The second kappa shape index (κ2) is 7.68. The van der Waals surface area contributed by atoms with Crippen LogP contribution in [0.15, 0.2) is 12.1 Å². The van der Waals surface area contributed by atoms with Gasteiger partial charge in [0.05, 0.1) is 7.11 Å². The number of hydrogen-bond donors (Lipinski definition) is 1. The first-order valence-electron chi connectivity index (χ1n) is 9.59.